The van der Waals surface area contributed by atoms with Gasteiger partial charge in [0.2, 0.25) is 5.89 Å². The first-order chi connectivity index (χ1) is 28.7. The molecule has 272 valence electrons. The summed E-state index contributed by atoms with van der Waals surface area (Å²) in [4.78, 5) is 7.37. The smallest absolute Gasteiger partial charge is 0.227 e. The minimum absolute atomic E-state index is 0.633. The van der Waals surface area contributed by atoms with Crippen LogP contribution in [0.4, 0.5) is 17.1 Å². The molecule has 3 aromatic heterocycles. The fourth-order valence-electron chi connectivity index (χ4n) is 8.75. The molecule has 58 heavy (non-hydrogen) atoms. The van der Waals surface area contributed by atoms with Crippen molar-refractivity contribution in [3.05, 3.63) is 200 Å². The number of oxazole rings is 1. The molecular weight excluding hydrogens is 727 g/mol. The summed E-state index contributed by atoms with van der Waals surface area (Å²) in [5.74, 6) is 0.633. The summed E-state index contributed by atoms with van der Waals surface area (Å²) in [5, 5.41) is 7.27. The minimum atomic E-state index is 0.633. The lowest BCUT2D eigenvalue weighted by Gasteiger charge is -2.26. The molecule has 0 aliphatic carbocycles. The van der Waals surface area contributed by atoms with Gasteiger partial charge in [-0.05, 0) is 101 Å². The van der Waals surface area contributed by atoms with E-state index in [1.54, 1.807) is 0 Å². The Morgan fingerprint density at radius 3 is 1.91 bits per heavy atom. The lowest BCUT2D eigenvalue weighted by molar-refractivity contribution is 0.620. The van der Waals surface area contributed by atoms with E-state index in [0.29, 0.717) is 5.89 Å². The maximum Gasteiger partial charge on any atom is 0.227 e. The number of aromatic nitrogens is 2. The predicted molar refractivity (Wildman–Crippen MR) is 244 cm³/mol. The van der Waals surface area contributed by atoms with E-state index in [1.807, 2.05) is 47.7 Å². The molecule has 0 fully saturated rings. The van der Waals surface area contributed by atoms with E-state index in [4.69, 9.17) is 9.40 Å². The third-order valence-electron chi connectivity index (χ3n) is 11.4. The number of anilines is 3. The number of hydrogen-bond donors (Lipinski definition) is 0. The Morgan fingerprint density at radius 2 is 1.07 bits per heavy atom. The second-order valence-electron chi connectivity index (χ2n) is 14.7. The molecule has 0 saturated heterocycles. The molecule has 3 heterocycles. The largest absolute Gasteiger partial charge is 0.436 e. The van der Waals surface area contributed by atoms with Crippen molar-refractivity contribution in [3.8, 4) is 28.3 Å². The Hall–Kier alpha value is -7.47. The summed E-state index contributed by atoms with van der Waals surface area (Å²) in [6.07, 6.45) is 0. The highest BCUT2D eigenvalue weighted by molar-refractivity contribution is 7.25. The summed E-state index contributed by atoms with van der Waals surface area (Å²) in [5.41, 5.74) is 11.7. The first-order valence-corrected chi connectivity index (χ1v) is 20.4. The van der Waals surface area contributed by atoms with Gasteiger partial charge in [-0.25, -0.2) is 4.98 Å². The number of para-hydroxylation sites is 2. The molecule has 0 radical (unpaired) electrons. The molecule has 0 saturated carbocycles. The van der Waals surface area contributed by atoms with E-state index < -0.39 is 0 Å². The second-order valence-corrected chi connectivity index (χ2v) is 15.8. The van der Waals surface area contributed by atoms with Gasteiger partial charge >= 0.3 is 0 Å². The number of nitrogens with zero attached hydrogens (tertiary/aromatic N) is 3. The zero-order chi connectivity index (χ0) is 38.2. The van der Waals surface area contributed by atoms with Crippen LogP contribution in [0.15, 0.2) is 205 Å². The van der Waals surface area contributed by atoms with Crippen molar-refractivity contribution in [1.29, 1.82) is 0 Å². The molecule has 0 spiro atoms. The average Bonchev–Trinajstić information content (AvgIpc) is 3.99. The van der Waals surface area contributed by atoms with Crippen LogP contribution in [-0.2, 0) is 0 Å². The van der Waals surface area contributed by atoms with Crippen molar-refractivity contribution in [3.63, 3.8) is 0 Å². The first kappa shape index (κ1) is 32.7. The highest BCUT2D eigenvalue weighted by atomic mass is 32.1. The number of thiophene rings is 1. The van der Waals surface area contributed by atoms with Gasteiger partial charge in [0.1, 0.15) is 5.52 Å². The van der Waals surface area contributed by atoms with E-state index in [0.717, 1.165) is 61.3 Å². The molecule has 0 atom stereocenters. The standard InChI is InChI=1S/C53H33N3OS/c1-3-12-35(13-4-1)53-54-52-46-19-11-18-40(41(46)30-31-49(52)57-53)34-22-24-37(25-23-34)55(39-27-29-45-44-17-8-10-21-50(44)58-51(45)33-39)38-26-28-43-42-16-7-9-20-47(42)56(48(43)32-38)36-14-5-2-6-15-36/h1-33H. The SMILES string of the molecule is c1ccc(-c2nc3c(ccc4c(-c5ccc(N(c6ccc7c(c6)sc6ccccc67)c6ccc7c8ccccc8n(-c8ccccc8)c7c6)cc5)cccc43)o2)cc1. The molecule has 0 aliphatic heterocycles. The Morgan fingerprint density at radius 1 is 0.431 bits per heavy atom. The van der Waals surface area contributed by atoms with Gasteiger partial charge in [-0.1, -0.05) is 115 Å². The van der Waals surface area contributed by atoms with E-state index in [2.05, 4.69) is 173 Å². The Kier molecular flexibility index (Phi) is 7.37. The van der Waals surface area contributed by atoms with E-state index >= 15 is 0 Å². The van der Waals surface area contributed by atoms with Gasteiger partial charge < -0.3 is 13.9 Å². The third kappa shape index (κ3) is 5.18. The predicted octanol–water partition coefficient (Wildman–Crippen LogP) is 15.2. The van der Waals surface area contributed by atoms with Crippen LogP contribution in [0.1, 0.15) is 0 Å². The highest BCUT2D eigenvalue weighted by Crippen LogP contribution is 2.44. The van der Waals surface area contributed by atoms with E-state index in [1.165, 1.54) is 42.0 Å². The normalized spacial score (nSPS) is 11.8. The monoisotopic (exact) mass is 759 g/mol. The van der Waals surface area contributed by atoms with Crippen LogP contribution in [-0.4, -0.2) is 9.55 Å². The van der Waals surface area contributed by atoms with E-state index in [9.17, 15) is 0 Å². The van der Waals surface area contributed by atoms with Crippen molar-refractivity contribution in [2.75, 3.05) is 4.90 Å². The zero-order valence-electron chi connectivity index (χ0n) is 31.2. The van der Waals surface area contributed by atoms with Gasteiger partial charge in [-0.15, -0.1) is 11.3 Å². The molecule has 12 aromatic rings. The molecule has 0 amide bonds. The molecule has 0 N–H and O–H groups in total. The highest BCUT2D eigenvalue weighted by Gasteiger charge is 2.20. The minimum Gasteiger partial charge on any atom is -0.436 e. The summed E-state index contributed by atoms with van der Waals surface area (Å²) >= 11 is 1.85. The maximum absolute atomic E-state index is 6.24. The number of hydrogen-bond acceptors (Lipinski definition) is 4. The summed E-state index contributed by atoms with van der Waals surface area (Å²) in [7, 11) is 0. The Labute approximate surface area is 338 Å². The average molecular weight is 760 g/mol. The van der Waals surface area contributed by atoms with Gasteiger partial charge in [-0.2, -0.15) is 0 Å². The van der Waals surface area contributed by atoms with Crippen molar-refractivity contribution < 1.29 is 4.42 Å². The van der Waals surface area contributed by atoms with Crippen molar-refractivity contribution in [2.24, 2.45) is 0 Å². The Balaban J connectivity index is 1.02. The van der Waals surface area contributed by atoms with Gasteiger partial charge in [0.25, 0.3) is 0 Å². The van der Waals surface area contributed by atoms with Crippen LogP contribution < -0.4 is 4.90 Å². The molecule has 12 rings (SSSR count). The van der Waals surface area contributed by atoms with Gasteiger partial charge in [0.15, 0.2) is 5.58 Å². The Bertz CT molecular complexity index is 3510. The number of benzene rings is 9. The molecule has 0 unspecified atom stereocenters. The van der Waals surface area contributed by atoms with Crippen LogP contribution in [0.3, 0.4) is 0 Å². The topological polar surface area (TPSA) is 34.2 Å². The molecule has 0 bridgehead atoms. The van der Waals surface area contributed by atoms with Crippen LogP contribution in [0.25, 0.3) is 92.1 Å². The molecule has 9 aromatic carbocycles. The van der Waals surface area contributed by atoms with E-state index in [-0.39, 0.29) is 0 Å². The van der Waals surface area contributed by atoms with Crippen LogP contribution in [0.2, 0.25) is 0 Å². The van der Waals surface area contributed by atoms with Crippen LogP contribution in [0.5, 0.6) is 0 Å². The van der Waals surface area contributed by atoms with Crippen LogP contribution >= 0.6 is 11.3 Å². The lowest BCUT2D eigenvalue weighted by Crippen LogP contribution is -2.10. The molecule has 4 nitrogen and oxygen atoms in total. The quantitative estimate of drug-likeness (QED) is 0.169. The zero-order valence-corrected chi connectivity index (χ0v) is 32.0. The number of fused-ring (bicyclic) bond motifs is 9. The molecule has 0 aliphatic rings. The summed E-state index contributed by atoms with van der Waals surface area (Å²) in [6.45, 7) is 0. The van der Waals surface area contributed by atoms with Crippen LogP contribution in [0, 0.1) is 0 Å². The first-order valence-electron chi connectivity index (χ1n) is 19.5. The summed E-state index contributed by atoms with van der Waals surface area (Å²) in [6, 6.07) is 71.6. The lowest BCUT2D eigenvalue weighted by atomic mass is 9.97. The third-order valence-corrected chi connectivity index (χ3v) is 12.6. The molecular formula is C53H33N3OS. The van der Waals surface area contributed by atoms with Gasteiger partial charge in [0, 0.05) is 64.6 Å². The second kappa shape index (κ2) is 13.1. The summed E-state index contributed by atoms with van der Waals surface area (Å²) < 4.78 is 11.2. The fraction of sp³-hybridized carbons (Fsp3) is 0. The van der Waals surface area contributed by atoms with Crippen molar-refractivity contribution >= 4 is 92.2 Å². The van der Waals surface area contributed by atoms with Crippen molar-refractivity contribution in [2.45, 2.75) is 0 Å². The maximum atomic E-state index is 6.24. The fourth-order valence-corrected chi connectivity index (χ4v) is 9.89. The van der Waals surface area contributed by atoms with Crippen molar-refractivity contribution in [1.82, 2.24) is 9.55 Å². The van der Waals surface area contributed by atoms with Gasteiger partial charge in [0.05, 0.1) is 11.0 Å². The number of rotatable bonds is 6. The molecule has 5 heteroatoms. The van der Waals surface area contributed by atoms with Gasteiger partial charge in [-0.3, -0.25) is 0 Å².